The molecule has 1 heterocycles. The van der Waals surface area contributed by atoms with E-state index in [-0.39, 0.29) is 24.0 Å². The van der Waals surface area contributed by atoms with Gasteiger partial charge in [0, 0.05) is 50.4 Å². The third-order valence-corrected chi connectivity index (χ3v) is 4.40. The van der Waals surface area contributed by atoms with Crippen molar-refractivity contribution in [1.82, 2.24) is 4.90 Å². The van der Waals surface area contributed by atoms with E-state index in [0.29, 0.717) is 5.96 Å². The SMILES string of the molecule is CN(CCCN=C(N)N1CCSCC1)c1ccccc1.I. The summed E-state index contributed by atoms with van der Waals surface area (Å²) in [4.78, 5) is 8.94. The van der Waals surface area contributed by atoms with Crippen LogP contribution in [0.4, 0.5) is 5.69 Å². The van der Waals surface area contributed by atoms with Crippen LogP contribution in [-0.2, 0) is 0 Å². The van der Waals surface area contributed by atoms with Crippen LogP contribution < -0.4 is 10.6 Å². The van der Waals surface area contributed by atoms with E-state index in [2.05, 4.69) is 46.1 Å². The molecule has 0 aliphatic carbocycles. The minimum absolute atomic E-state index is 0. The average Bonchev–Trinajstić information content (AvgIpc) is 2.53. The van der Waals surface area contributed by atoms with Crippen molar-refractivity contribution in [3.8, 4) is 0 Å². The van der Waals surface area contributed by atoms with Crippen LogP contribution >= 0.6 is 35.7 Å². The number of anilines is 1. The molecular weight excluding hydrogens is 395 g/mol. The Morgan fingerprint density at radius 1 is 1.29 bits per heavy atom. The van der Waals surface area contributed by atoms with E-state index >= 15 is 0 Å². The van der Waals surface area contributed by atoms with E-state index in [1.54, 1.807) is 0 Å². The average molecular weight is 420 g/mol. The summed E-state index contributed by atoms with van der Waals surface area (Å²) < 4.78 is 0. The molecule has 21 heavy (non-hydrogen) atoms. The zero-order valence-electron chi connectivity index (χ0n) is 12.6. The van der Waals surface area contributed by atoms with Crippen LogP contribution in [0.15, 0.2) is 35.3 Å². The molecule has 4 nitrogen and oxygen atoms in total. The Kier molecular flexibility index (Phi) is 8.91. The molecule has 1 aromatic carbocycles. The Labute approximate surface area is 149 Å². The first kappa shape index (κ1) is 18.4. The maximum Gasteiger partial charge on any atom is 0.191 e. The molecule has 1 aromatic rings. The monoisotopic (exact) mass is 420 g/mol. The standard InChI is InChI=1S/C15H24N4S.HI/c1-18(14-6-3-2-4-7-14)9-5-8-17-15(16)19-10-12-20-13-11-19;/h2-4,6-7H,5,8-13H2,1H3,(H2,16,17);1H. The zero-order valence-corrected chi connectivity index (χ0v) is 15.7. The second-order valence-corrected chi connectivity index (χ2v) is 6.17. The van der Waals surface area contributed by atoms with Crippen LogP contribution in [0.3, 0.4) is 0 Å². The fourth-order valence-corrected chi connectivity index (χ4v) is 3.11. The Morgan fingerprint density at radius 3 is 2.62 bits per heavy atom. The molecule has 0 radical (unpaired) electrons. The lowest BCUT2D eigenvalue weighted by atomic mass is 10.3. The van der Waals surface area contributed by atoms with E-state index in [1.165, 1.54) is 5.69 Å². The number of hydrogen-bond acceptors (Lipinski definition) is 3. The molecule has 0 bridgehead atoms. The first-order chi connectivity index (χ1) is 9.77. The maximum atomic E-state index is 6.03. The summed E-state index contributed by atoms with van der Waals surface area (Å²) in [7, 11) is 2.12. The number of nitrogens with zero attached hydrogens (tertiary/aromatic N) is 3. The number of aliphatic imine (C=N–C) groups is 1. The molecule has 0 spiro atoms. The summed E-state index contributed by atoms with van der Waals surface area (Å²) in [6.07, 6.45) is 1.02. The Hall–Kier alpha value is -0.630. The topological polar surface area (TPSA) is 44.9 Å². The summed E-state index contributed by atoms with van der Waals surface area (Å²) in [5.74, 6) is 3.03. The van der Waals surface area contributed by atoms with Gasteiger partial charge < -0.3 is 15.5 Å². The van der Waals surface area contributed by atoms with Crippen LogP contribution in [0, 0.1) is 0 Å². The molecule has 2 N–H and O–H groups in total. The highest BCUT2D eigenvalue weighted by molar-refractivity contribution is 14.0. The predicted octanol–water partition coefficient (Wildman–Crippen LogP) is 2.49. The van der Waals surface area contributed by atoms with Gasteiger partial charge in [0.2, 0.25) is 0 Å². The summed E-state index contributed by atoms with van der Waals surface area (Å²) in [6, 6.07) is 10.4. The summed E-state index contributed by atoms with van der Waals surface area (Å²) in [5.41, 5.74) is 7.28. The van der Waals surface area contributed by atoms with Gasteiger partial charge >= 0.3 is 0 Å². The molecule has 1 aliphatic rings. The highest BCUT2D eigenvalue weighted by atomic mass is 127. The largest absolute Gasteiger partial charge is 0.375 e. The van der Waals surface area contributed by atoms with E-state index in [0.717, 1.165) is 44.1 Å². The van der Waals surface area contributed by atoms with Crippen LogP contribution in [0.2, 0.25) is 0 Å². The van der Waals surface area contributed by atoms with Crippen molar-refractivity contribution in [2.45, 2.75) is 6.42 Å². The quantitative estimate of drug-likeness (QED) is 0.344. The van der Waals surface area contributed by atoms with Gasteiger partial charge in [-0.2, -0.15) is 11.8 Å². The first-order valence-electron chi connectivity index (χ1n) is 7.16. The van der Waals surface area contributed by atoms with Crippen molar-refractivity contribution in [2.75, 3.05) is 49.6 Å². The van der Waals surface area contributed by atoms with Crippen molar-refractivity contribution in [3.05, 3.63) is 30.3 Å². The minimum atomic E-state index is 0. The smallest absolute Gasteiger partial charge is 0.191 e. The highest BCUT2D eigenvalue weighted by Gasteiger charge is 2.11. The zero-order chi connectivity index (χ0) is 14.2. The van der Waals surface area contributed by atoms with Gasteiger partial charge in [-0.3, -0.25) is 4.99 Å². The number of rotatable bonds is 5. The fourth-order valence-electron chi connectivity index (χ4n) is 2.21. The lowest BCUT2D eigenvalue weighted by molar-refractivity contribution is 0.455. The summed E-state index contributed by atoms with van der Waals surface area (Å²) in [5, 5.41) is 0. The van der Waals surface area contributed by atoms with Crippen molar-refractivity contribution < 1.29 is 0 Å². The Morgan fingerprint density at radius 2 is 1.95 bits per heavy atom. The lowest BCUT2D eigenvalue weighted by Crippen LogP contribution is -2.42. The third-order valence-electron chi connectivity index (χ3n) is 3.46. The van der Waals surface area contributed by atoms with Gasteiger partial charge in [-0.05, 0) is 18.6 Å². The molecule has 0 unspecified atom stereocenters. The van der Waals surface area contributed by atoms with Crippen LogP contribution in [0.25, 0.3) is 0 Å². The van der Waals surface area contributed by atoms with E-state index in [9.17, 15) is 0 Å². The summed E-state index contributed by atoms with van der Waals surface area (Å²) >= 11 is 1.99. The molecule has 1 saturated heterocycles. The molecule has 6 heteroatoms. The maximum absolute atomic E-state index is 6.03. The van der Waals surface area contributed by atoms with Gasteiger partial charge in [-0.15, -0.1) is 24.0 Å². The highest BCUT2D eigenvalue weighted by Crippen LogP contribution is 2.11. The number of hydrogen-bond donors (Lipinski definition) is 1. The number of halogens is 1. The Balaban J connectivity index is 0.00000220. The van der Waals surface area contributed by atoms with E-state index < -0.39 is 0 Å². The number of thioether (sulfide) groups is 1. The molecule has 0 atom stereocenters. The van der Waals surface area contributed by atoms with Gasteiger partial charge in [0.25, 0.3) is 0 Å². The van der Waals surface area contributed by atoms with Crippen molar-refractivity contribution in [3.63, 3.8) is 0 Å². The fraction of sp³-hybridized carbons (Fsp3) is 0.533. The van der Waals surface area contributed by atoms with Crippen molar-refractivity contribution in [1.29, 1.82) is 0 Å². The first-order valence-corrected chi connectivity index (χ1v) is 8.31. The van der Waals surface area contributed by atoms with Gasteiger partial charge in [-0.1, -0.05) is 18.2 Å². The molecule has 1 fully saturated rings. The van der Waals surface area contributed by atoms with Crippen molar-refractivity contribution in [2.24, 2.45) is 10.7 Å². The van der Waals surface area contributed by atoms with Gasteiger partial charge in [0.1, 0.15) is 0 Å². The molecular formula is C15H25IN4S. The number of para-hydroxylation sites is 1. The van der Waals surface area contributed by atoms with E-state index in [4.69, 9.17) is 5.73 Å². The van der Waals surface area contributed by atoms with Crippen LogP contribution in [0.1, 0.15) is 6.42 Å². The summed E-state index contributed by atoms with van der Waals surface area (Å²) in [6.45, 7) is 3.86. The second kappa shape index (κ2) is 10.2. The minimum Gasteiger partial charge on any atom is -0.375 e. The third kappa shape index (κ3) is 6.34. The van der Waals surface area contributed by atoms with Crippen LogP contribution in [-0.4, -0.2) is 55.6 Å². The molecule has 0 saturated carbocycles. The lowest BCUT2D eigenvalue weighted by Gasteiger charge is -2.27. The number of nitrogens with two attached hydrogens (primary N) is 1. The molecule has 2 rings (SSSR count). The molecule has 0 aromatic heterocycles. The van der Waals surface area contributed by atoms with Gasteiger partial charge in [-0.25, -0.2) is 0 Å². The molecule has 0 amide bonds. The number of benzene rings is 1. The molecule has 118 valence electrons. The second-order valence-electron chi connectivity index (χ2n) is 4.95. The van der Waals surface area contributed by atoms with Crippen molar-refractivity contribution >= 4 is 47.4 Å². The van der Waals surface area contributed by atoms with Gasteiger partial charge in [0.05, 0.1) is 0 Å². The predicted molar refractivity (Wildman–Crippen MR) is 105 cm³/mol. The normalized spacial score (nSPS) is 15.5. The molecule has 1 aliphatic heterocycles. The van der Waals surface area contributed by atoms with E-state index in [1.807, 2.05) is 17.8 Å². The number of guanidine groups is 1. The van der Waals surface area contributed by atoms with Crippen LogP contribution in [0.5, 0.6) is 0 Å². The van der Waals surface area contributed by atoms with Gasteiger partial charge in [0.15, 0.2) is 5.96 Å². The Bertz CT molecular complexity index is 421.